The molecule has 2 aliphatic heterocycles. The zero-order chi connectivity index (χ0) is 15.7. The number of carboxylic acid groups (broad SMARTS) is 1. The smallest absolute Gasteiger partial charge is 0.307 e. The predicted molar refractivity (Wildman–Crippen MR) is 79.0 cm³/mol. The Balaban J connectivity index is 1.41. The van der Waals surface area contributed by atoms with Gasteiger partial charge in [0.25, 0.3) is 0 Å². The molecule has 1 aliphatic carbocycles. The van der Waals surface area contributed by atoms with Crippen LogP contribution in [0.25, 0.3) is 0 Å². The average Bonchev–Trinajstić information content (AvgIpc) is 3.13. The molecule has 2 unspecified atom stereocenters. The molecule has 0 aromatic carbocycles. The molecule has 2 atom stereocenters. The lowest BCUT2D eigenvalue weighted by atomic mass is 9.92. The van der Waals surface area contributed by atoms with Crippen LogP contribution < -0.4 is 0 Å². The summed E-state index contributed by atoms with van der Waals surface area (Å²) in [6, 6.07) is 0. The highest BCUT2D eigenvalue weighted by Gasteiger charge is 2.50. The monoisotopic (exact) mass is 308 g/mol. The van der Waals surface area contributed by atoms with Gasteiger partial charge in [0, 0.05) is 32.6 Å². The number of carbonyl (C=O) groups is 3. The molecular weight excluding hydrogens is 284 g/mol. The highest BCUT2D eigenvalue weighted by atomic mass is 16.4. The first-order valence-corrected chi connectivity index (χ1v) is 8.35. The third-order valence-electron chi connectivity index (χ3n) is 5.27. The van der Waals surface area contributed by atoms with E-state index in [4.69, 9.17) is 5.11 Å². The lowest BCUT2D eigenvalue weighted by molar-refractivity contribution is -0.142. The van der Waals surface area contributed by atoms with Crippen LogP contribution in [0.3, 0.4) is 0 Å². The molecule has 2 heterocycles. The van der Waals surface area contributed by atoms with Crippen molar-refractivity contribution in [3.05, 3.63) is 0 Å². The topological polar surface area (TPSA) is 77.9 Å². The summed E-state index contributed by atoms with van der Waals surface area (Å²) in [6.07, 6.45) is 5.03. The van der Waals surface area contributed by atoms with Crippen LogP contribution in [0, 0.1) is 17.8 Å². The molecule has 0 aromatic rings. The van der Waals surface area contributed by atoms with E-state index in [-0.39, 0.29) is 17.7 Å². The summed E-state index contributed by atoms with van der Waals surface area (Å²) in [6.45, 7) is 3.13. The number of likely N-dealkylation sites (tertiary alicyclic amines) is 2. The Kier molecular flexibility index (Phi) is 4.36. The first kappa shape index (κ1) is 15.3. The number of nitrogens with zero attached hydrogens (tertiary/aromatic N) is 2. The fourth-order valence-corrected chi connectivity index (χ4v) is 3.68. The molecule has 2 amide bonds. The predicted octanol–water partition coefficient (Wildman–Crippen LogP) is 0.958. The summed E-state index contributed by atoms with van der Waals surface area (Å²) in [7, 11) is 0. The van der Waals surface area contributed by atoms with Crippen LogP contribution in [-0.4, -0.2) is 58.9 Å². The highest BCUT2D eigenvalue weighted by Crippen LogP contribution is 2.40. The molecule has 3 aliphatic rings. The lowest BCUT2D eigenvalue weighted by Gasteiger charge is -2.32. The molecule has 6 nitrogen and oxygen atoms in total. The molecule has 6 heteroatoms. The molecule has 0 spiro atoms. The Morgan fingerprint density at radius 3 is 2.09 bits per heavy atom. The standard InChI is InChI=1S/C16H24N2O4/c19-14(17-5-1-2-6-17)9-11-3-7-18(8-4-11)15(20)12-10-13(12)16(21)22/h11-13H,1-10H2,(H,21,22). The van der Waals surface area contributed by atoms with Crippen molar-refractivity contribution in [3.63, 3.8) is 0 Å². The summed E-state index contributed by atoms with van der Waals surface area (Å²) in [5.74, 6) is -1.01. The van der Waals surface area contributed by atoms with Crippen molar-refractivity contribution in [1.82, 2.24) is 9.80 Å². The maximum absolute atomic E-state index is 12.2. The third-order valence-corrected chi connectivity index (χ3v) is 5.27. The summed E-state index contributed by atoms with van der Waals surface area (Å²) in [4.78, 5) is 38.9. The van der Waals surface area contributed by atoms with Crippen molar-refractivity contribution < 1.29 is 19.5 Å². The first-order valence-electron chi connectivity index (χ1n) is 8.35. The second-order valence-electron chi connectivity index (χ2n) is 6.85. The molecule has 122 valence electrons. The van der Waals surface area contributed by atoms with Crippen LogP contribution in [0.15, 0.2) is 0 Å². The molecule has 0 aromatic heterocycles. The van der Waals surface area contributed by atoms with E-state index < -0.39 is 11.9 Å². The Hall–Kier alpha value is -1.59. The Morgan fingerprint density at radius 1 is 0.909 bits per heavy atom. The van der Waals surface area contributed by atoms with Gasteiger partial charge in [-0.25, -0.2) is 0 Å². The number of piperidine rings is 1. The van der Waals surface area contributed by atoms with Crippen LogP contribution >= 0.6 is 0 Å². The van der Waals surface area contributed by atoms with Gasteiger partial charge in [-0.15, -0.1) is 0 Å². The van der Waals surface area contributed by atoms with E-state index in [1.807, 2.05) is 4.90 Å². The fourth-order valence-electron chi connectivity index (χ4n) is 3.68. The van der Waals surface area contributed by atoms with Crippen LogP contribution in [0.2, 0.25) is 0 Å². The van der Waals surface area contributed by atoms with E-state index in [0.29, 0.717) is 31.8 Å². The van der Waals surface area contributed by atoms with Crippen LogP contribution in [0.1, 0.15) is 38.5 Å². The molecule has 0 radical (unpaired) electrons. The summed E-state index contributed by atoms with van der Waals surface area (Å²) in [5, 5.41) is 8.90. The van der Waals surface area contributed by atoms with Gasteiger partial charge in [-0.2, -0.15) is 0 Å². The van der Waals surface area contributed by atoms with Crippen molar-refractivity contribution in [1.29, 1.82) is 0 Å². The van der Waals surface area contributed by atoms with Crippen molar-refractivity contribution >= 4 is 17.8 Å². The van der Waals surface area contributed by atoms with Crippen molar-refractivity contribution in [2.45, 2.75) is 38.5 Å². The lowest BCUT2D eigenvalue weighted by Crippen LogP contribution is -2.41. The second-order valence-corrected chi connectivity index (χ2v) is 6.85. The SMILES string of the molecule is O=C(O)C1CC1C(=O)N1CCC(CC(=O)N2CCCC2)CC1. The minimum atomic E-state index is -0.857. The molecule has 1 saturated carbocycles. The summed E-state index contributed by atoms with van der Waals surface area (Å²) in [5.41, 5.74) is 0. The molecule has 3 fully saturated rings. The zero-order valence-corrected chi connectivity index (χ0v) is 12.9. The molecule has 2 saturated heterocycles. The molecule has 22 heavy (non-hydrogen) atoms. The number of carboxylic acids is 1. The van der Waals surface area contributed by atoms with Crippen molar-refractivity contribution in [3.8, 4) is 0 Å². The largest absolute Gasteiger partial charge is 0.481 e. The number of amides is 2. The van der Waals surface area contributed by atoms with Gasteiger partial charge in [-0.3, -0.25) is 14.4 Å². The Bertz CT molecular complexity index is 465. The van der Waals surface area contributed by atoms with Gasteiger partial charge in [-0.05, 0) is 38.0 Å². The number of aliphatic carboxylic acids is 1. The van der Waals surface area contributed by atoms with Gasteiger partial charge in [0.15, 0.2) is 0 Å². The Labute approximate surface area is 130 Å². The van der Waals surface area contributed by atoms with E-state index in [1.165, 1.54) is 0 Å². The van der Waals surface area contributed by atoms with Crippen molar-refractivity contribution in [2.75, 3.05) is 26.2 Å². The van der Waals surface area contributed by atoms with Gasteiger partial charge in [0.2, 0.25) is 11.8 Å². The zero-order valence-electron chi connectivity index (χ0n) is 12.9. The second kappa shape index (κ2) is 6.26. The van der Waals surface area contributed by atoms with Crippen LogP contribution in [-0.2, 0) is 14.4 Å². The maximum atomic E-state index is 12.2. The highest BCUT2D eigenvalue weighted by molar-refractivity contribution is 5.89. The minimum absolute atomic E-state index is 0.00304. The molecule has 0 bridgehead atoms. The van der Waals surface area contributed by atoms with Crippen molar-refractivity contribution in [2.24, 2.45) is 17.8 Å². The van der Waals surface area contributed by atoms with E-state index in [0.717, 1.165) is 38.8 Å². The molecule has 1 N–H and O–H groups in total. The van der Waals surface area contributed by atoms with E-state index in [2.05, 4.69) is 0 Å². The summed E-state index contributed by atoms with van der Waals surface area (Å²) < 4.78 is 0. The van der Waals surface area contributed by atoms with E-state index >= 15 is 0 Å². The number of hydrogen-bond acceptors (Lipinski definition) is 3. The van der Waals surface area contributed by atoms with Crippen LogP contribution in [0.5, 0.6) is 0 Å². The van der Waals surface area contributed by atoms with Gasteiger partial charge in [-0.1, -0.05) is 0 Å². The fraction of sp³-hybridized carbons (Fsp3) is 0.812. The Morgan fingerprint density at radius 2 is 1.55 bits per heavy atom. The van der Waals surface area contributed by atoms with Gasteiger partial charge in [0.05, 0.1) is 11.8 Å². The van der Waals surface area contributed by atoms with Gasteiger partial charge in [0.1, 0.15) is 0 Å². The third kappa shape index (κ3) is 3.25. The normalized spacial score (nSPS) is 28.7. The summed E-state index contributed by atoms with van der Waals surface area (Å²) >= 11 is 0. The number of rotatable bonds is 4. The number of hydrogen-bond donors (Lipinski definition) is 1. The van der Waals surface area contributed by atoms with E-state index in [9.17, 15) is 14.4 Å². The maximum Gasteiger partial charge on any atom is 0.307 e. The minimum Gasteiger partial charge on any atom is -0.481 e. The molecule has 3 rings (SSSR count). The number of carbonyl (C=O) groups excluding carboxylic acids is 2. The molecular formula is C16H24N2O4. The van der Waals surface area contributed by atoms with Gasteiger partial charge < -0.3 is 14.9 Å². The average molecular weight is 308 g/mol. The van der Waals surface area contributed by atoms with E-state index in [1.54, 1.807) is 4.90 Å². The quantitative estimate of drug-likeness (QED) is 0.839. The first-order chi connectivity index (χ1) is 10.6. The van der Waals surface area contributed by atoms with Gasteiger partial charge >= 0.3 is 5.97 Å². The van der Waals surface area contributed by atoms with Crippen LogP contribution in [0.4, 0.5) is 0 Å².